The van der Waals surface area contributed by atoms with Crippen molar-refractivity contribution < 1.29 is 14.0 Å². The van der Waals surface area contributed by atoms with Crippen LogP contribution in [0, 0.1) is 5.41 Å². The van der Waals surface area contributed by atoms with Crippen LogP contribution < -0.4 is 0 Å². The van der Waals surface area contributed by atoms with Crippen LogP contribution in [0.1, 0.15) is 48.0 Å². The van der Waals surface area contributed by atoms with Gasteiger partial charge >= 0.3 is 0 Å². The van der Waals surface area contributed by atoms with Gasteiger partial charge in [-0.3, -0.25) is 0 Å². The van der Waals surface area contributed by atoms with E-state index in [1.165, 1.54) is 0 Å². The van der Waals surface area contributed by atoms with Gasteiger partial charge in [-0.15, -0.1) is 0 Å². The highest BCUT2D eigenvalue weighted by molar-refractivity contribution is 6.74. The maximum atomic E-state index is 9.56. The zero-order valence-electron chi connectivity index (χ0n) is 18.0. The van der Waals surface area contributed by atoms with Gasteiger partial charge in [0.05, 0.1) is 12.2 Å². The Hall–Kier alpha value is 0.0538. The second-order valence-corrected chi connectivity index (χ2v) is 19.1. The van der Waals surface area contributed by atoms with E-state index >= 15 is 0 Å². The Balaban J connectivity index is 5.65. The number of hydrogen-bond donors (Lipinski definition) is 1. The molecule has 0 unspecified atom stereocenters. The summed E-state index contributed by atoms with van der Waals surface area (Å²) in [7, 11) is -3.61. The SMILES string of the molecule is C/C=C/[C@H](O[Si](C)(C)C(C)(C)C)C(C)(C)[C@H](CCO)O[Si](C)(C)C. The molecule has 0 aliphatic carbocycles. The van der Waals surface area contributed by atoms with E-state index in [1.54, 1.807) is 0 Å². The Bertz CT molecular complexity index is 404. The molecule has 0 saturated carbocycles. The normalized spacial score (nSPS) is 17.3. The minimum Gasteiger partial charge on any atom is -0.414 e. The van der Waals surface area contributed by atoms with Crippen LogP contribution in [0.3, 0.4) is 0 Å². The van der Waals surface area contributed by atoms with Crippen LogP contribution in [0.5, 0.6) is 0 Å². The van der Waals surface area contributed by atoms with E-state index < -0.39 is 16.6 Å². The number of aliphatic hydroxyl groups is 1. The Morgan fingerprint density at radius 1 is 0.958 bits per heavy atom. The highest BCUT2D eigenvalue weighted by Gasteiger charge is 2.45. The predicted molar refractivity (Wildman–Crippen MR) is 111 cm³/mol. The van der Waals surface area contributed by atoms with Crippen LogP contribution >= 0.6 is 0 Å². The molecule has 24 heavy (non-hydrogen) atoms. The monoisotopic (exact) mass is 374 g/mol. The average molecular weight is 375 g/mol. The summed E-state index contributed by atoms with van der Waals surface area (Å²) < 4.78 is 13.2. The van der Waals surface area contributed by atoms with Gasteiger partial charge in [0.15, 0.2) is 16.6 Å². The summed E-state index contributed by atoms with van der Waals surface area (Å²) in [4.78, 5) is 0. The van der Waals surface area contributed by atoms with Crippen molar-refractivity contribution in [3.05, 3.63) is 12.2 Å². The standard InChI is InChI=1S/C19H42O3Si2/c1-12-13-16(22-24(10,11)18(2,3)4)19(5,6)17(14-15-20)21-23(7,8)9/h12-13,16-17,20H,14-15H2,1-11H3/b13-12+/t16-,17-/m0/s1. The molecular weight excluding hydrogens is 332 g/mol. The average Bonchev–Trinajstić information content (AvgIpc) is 2.34. The quantitative estimate of drug-likeness (QED) is 0.423. The van der Waals surface area contributed by atoms with Gasteiger partial charge in [-0.25, -0.2) is 0 Å². The fraction of sp³-hybridized carbons (Fsp3) is 0.895. The molecular formula is C19H42O3Si2. The minimum absolute atomic E-state index is 0.0138. The topological polar surface area (TPSA) is 38.7 Å². The molecule has 1 N–H and O–H groups in total. The molecule has 3 nitrogen and oxygen atoms in total. The zero-order chi connectivity index (χ0) is 19.4. The van der Waals surface area contributed by atoms with Crippen molar-refractivity contribution in [3.8, 4) is 0 Å². The molecule has 0 heterocycles. The van der Waals surface area contributed by atoms with E-state index in [0.29, 0.717) is 6.42 Å². The molecule has 0 aromatic carbocycles. The molecule has 0 rings (SSSR count). The van der Waals surface area contributed by atoms with Crippen LogP contribution in [-0.4, -0.2) is 40.6 Å². The smallest absolute Gasteiger partial charge is 0.192 e. The fourth-order valence-electron chi connectivity index (χ4n) is 2.42. The Labute approximate surface area is 153 Å². The first-order valence-corrected chi connectivity index (χ1v) is 15.5. The first-order valence-electron chi connectivity index (χ1n) is 9.18. The first kappa shape index (κ1) is 24.1. The molecule has 0 aromatic rings. The van der Waals surface area contributed by atoms with Crippen LogP contribution in [0.25, 0.3) is 0 Å². The molecule has 0 aliphatic rings. The molecule has 0 spiro atoms. The van der Waals surface area contributed by atoms with Crippen LogP contribution in [0.4, 0.5) is 0 Å². The summed E-state index contributed by atoms with van der Waals surface area (Å²) in [6.07, 6.45) is 4.85. The van der Waals surface area contributed by atoms with E-state index in [9.17, 15) is 5.11 Å². The van der Waals surface area contributed by atoms with Gasteiger partial charge in [0.25, 0.3) is 0 Å². The third-order valence-electron chi connectivity index (χ3n) is 5.05. The summed E-state index contributed by atoms with van der Waals surface area (Å²) in [6, 6.07) is 0. The van der Waals surface area contributed by atoms with E-state index in [1.807, 2.05) is 6.92 Å². The number of hydrogen-bond acceptors (Lipinski definition) is 3. The lowest BCUT2D eigenvalue weighted by Gasteiger charge is -2.47. The van der Waals surface area contributed by atoms with Gasteiger partial charge in [0.1, 0.15) is 0 Å². The van der Waals surface area contributed by atoms with E-state index in [2.05, 4.69) is 79.5 Å². The number of aliphatic hydroxyl groups excluding tert-OH is 1. The summed E-state index contributed by atoms with van der Waals surface area (Å²) in [5, 5.41) is 9.72. The highest BCUT2D eigenvalue weighted by Crippen LogP contribution is 2.42. The van der Waals surface area contributed by atoms with Gasteiger partial charge in [0, 0.05) is 12.0 Å². The molecule has 0 amide bonds. The van der Waals surface area contributed by atoms with E-state index in [0.717, 1.165) is 0 Å². The highest BCUT2D eigenvalue weighted by atomic mass is 28.4. The fourth-order valence-corrected chi connectivity index (χ4v) is 5.06. The molecule has 0 fully saturated rings. The molecule has 0 saturated heterocycles. The van der Waals surface area contributed by atoms with Gasteiger partial charge in [-0.05, 0) is 51.1 Å². The second-order valence-electron chi connectivity index (χ2n) is 9.88. The van der Waals surface area contributed by atoms with E-state index in [-0.39, 0.29) is 29.3 Å². The van der Waals surface area contributed by atoms with Gasteiger partial charge in [-0.1, -0.05) is 46.8 Å². The van der Waals surface area contributed by atoms with Crippen molar-refractivity contribution in [2.75, 3.05) is 6.61 Å². The third kappa shape index (κ3) is 7.12. The number of allylic oxidation sites excluding steroid dienone is 1. The van der Waals surface area contributed by atoms with Crippen molar-refractivity contribution >= 4 is 16.6 Å². The Morgan fingerprint density at radius 3 is 1.79 bits per heavy atom. The van der Waals surface area contributed by atoms with Crippen LogP contribution in [0.2, 0.25) is 37.8 Å². The summed E-state index contributed by atoms with van der Waals surface area (Å²) in [5.74, 6) is 0. The first-order chi connectivity index (χ1) is 10.6. The van der Waals surface area contributed by atoms with Crippen molar-refractivity contribution in [3.63, 3.8) is 0 Å². The van der Waals surface area contributed by atoms with Gasteiger partial charge in [-0.2, -0.15) is 0 Å². The molecule has 5 heteroatoms. The zero-order valence-corrected chi connectivity index (χ0v) is 20.0. The molecule has 2 atom stereocenters. The predicted octanol–water partition coefficient (Wildman–Crippen LogP) is 5.58. The summed E-state index contributed by atoms with van der Waals surface area (Å²) in [5.41, 5.74) is -0.203. The maximum absolute atomic E-state index is 9.56. The molecule has 0 bridgehead atoms. The Morgan fingerprint density at radius 2 is 1.46 bits per heavy atom. The second kappa shape index (κ2) is 8.63. The van der Waals surface area contributed by atoms with Gasteiger partial charge in [0.2, 0.25) is 0 Å². The third-order valence-corrected chi connectivity index (χ3v) is 10.5. The van der Waals surface area contributed by atoms with Crippen molar-refractivity contribution in [2.45, 2.75) is 97.9 Å². The largest absolute Gasteiger partial charge is 0.414 e. The minimum atomic E-state index is -1.90. The molecule has 0 aliphatic heterocycles. The van der Waals surface area contributed by atoms with Crippen molar-refractivity contribution in [1.82, 2.24) is 0 Å². The van der Waals surface area contributed by atoms with Crippen molar-refractivity contribution in [2.24, 2.45) is 5.41 Å². The van der Waals surface area contributed by atoms with Gasteiger partial charge < -0.3 is 14.0 Å². The van der Waals surface area contributed by atoms with E-state index in [4.69, 9.17) is 8.85 Å². The molecule has 144 valence electrons. The van der Waals surface area contributed by atoms with Crippen LogP contribution in [0.15, 0.2) is 12.2 Å². The summed E-state index contributed by atoms with van der Waals surface area (Å²) in [6.45, 7) is 24.6. The Kier molecular flexibility index (Phi) is 8.65. The molecule has 0 aromatic heterocycles. The lowest BCUT2D eigenvalue weighted by Crippen LogP contribution is -2.52. The lowest BCUT2D eigenvalue weighted by molar-refractivity contribution is -0.0205. The molecule has 0 radical (unpaired) electrons. The lowest BCUT2D eigenvalue weighted by atomic mass is 9.79. The maximum Gasteiger partial charge on any atom is 0.192 e. The van der Waals surface area contributed by atoms with Crippen LogP contribution in [-0.2, 0) is 8.85 Å². The number of rotatable bonds is 9. The summed E-state index contributed by atoms with van der Waals surface area (Å²) >= 11 is 0. The van der Waals surface area contributed by atoms with Crippen molar-refractivity contribution in [1.29, 1.82) is 0 Å².